The van der Waals surface area contributed by atoms with Gasteiger partial charge in [-0.25, -0.2) is 8.42 Å². The number of rotatable bonds is 6. The highest BCUT2D eigenvalue weighted by molar-refractivity contribution is 7.91. The van der Waals surface area contributed by atoms with Crippen LogP contribution in [0.1, 0.15) is 18.1 Å². The third-order valence-electron chi connectivity index (χ3n) is 5.66. The maximum atomic E-state index is 13.0. The number of carbonyl (C=O) groups excluding carboxylic acids is 1. The fourth-order valence-corrected chi connectivity index (χ4v) is 4.30. The molecule has 0 aromatic heterocycles. The Bertz CT molecular complexity index is 1140. The van der Waals surface area contributed by atoms with E-state index in [2.05, 4.69) is 5.32 Å². The van der Waals surface area contributed by atoms with Gasteiger partial charge < -0.3 is 15.2 Å². The molecule has 2 N–H and O–H groups in total. The van der Waals surface area contributed by atoms with Crippen LogP contribution in [0.3, 0.4) is 0 Å². The molecule has 186 valence electrons. The summed E-state index contributed by atoms with van der Waals surface area (Å²) in [6.07, 6.45) is -12.1. The summed E-state index contributed by atoms with van der Waals surface area (Å²) in [4.78, 5) is 13.0. The van der Waals surface area contributed by atoms with E-state index in [1.54, 1.807) is 0 Å². The van der Waals surface area contributed by atoms with Crippen LogP contribution in [0.2, 0.25) is 0 Å². The SMILES string of the molecule is CCS(=O)(=O)c1ccc(C2(C(=O)Nc3ccc(C(O)(C(F)(F)F)C(F)(F)F)cc3)COC2)cc1. The van der Waals surface area contributed by atoms with E-state index in [0.29, 0.717) is 17.7 Å². The number of ether oxygens (including phenoxy) is 1. The van der Waals surface area contributed by atoms with Gasteiger partial charge in [0, 0.05) is 11.3 Å². The number of hydrogen-bond acceptors (Lipinski definition) is 5. The Hall–Kier alpha value is -2.64. The highest BCUT2D eigenvalue weighted by atomic mass is 32.2. The minimum atomic E-state index is -6.03. The summed E-state index contributed by atoms with van der Waals surface area (Å²) in [6.45, 7) is 1.34. The summed E-state index contributed by atoms with van der Waals surface area (Å²) in [6, 6.07) is 8.02. The molecule has 0 radical (unpaired) electrons. The van der Waals surface area contributed by atoms with E-state index in [4.69, 9.17) is 4.74 Å². The zero-order valence-electron chi connectivity index (χ0n) is 17.5. The van der Waals surface area contributed by atoms with Crippen molar-refractivity contribution in [2.45, 2.75) is 35.2 Å². The van der Waals surface area contributed by atoms with E-state index in [1.165, 1.54) is 31.2 Å². The summed E-state index contributed by atoms with van der Waals surface area (Å²) in [5, 5.41) is 11.9. The van der Waals surface area contributed by atoms with Crippen LogP contribution in [0.5, 0.6) is 0 Å². The van der Waals surface area contributed by atoms with Crippen molar-refractivity contribution in [1.82, 2.24) is 0 Å². The fraction of sp³-hybridized carbons (Fsp3) is 0.381. The molecular weight excluding hydrogens is 492 g/mol. The van der Waals surface area contributed by atoms with Crippen molar-refractivity contribution < 1.29 is 49.4 Å². The van der Waals surface area contributed by atoms with E-state index in [0.717, 1.165) is 12.1 Å². The number of hydrogen-bond donors (Lipinski definition) is 2. The molecule has 1 amide bonds. The maximum absolute atomic E-state index is 13.0. The molecule has 3 rings (SSSR count). The second-order valence-corrected chi connectivity index (χ2v) is 10.0. The lowest BCUT2D eigenvalue weighted by atomic mass is 9.77. The summed E-state index contributed by atoms with van der Waals surface area (Å²) in [7, 11) is -3.47. The molecule has 6 nitrogen and oxygen atoms in total. The largest absolute Gasteiger partial charge is 0.430 e. The molecule has 0 saturated carbocycles. The summed E-state index contributed by atoms with van der Waals surface area (Å²) >= 11 is 0. The summed E-state index contributed by atoms with van der Waals surface area (Å²) < 4.78 is 107. The molecule has 34 heavy (non-hydrogen) atoms. The van der Waals surface area contributed by atoms with Crippen LogP contribution in [0.4, 0.5) is 32.0 Å². The van der Waals surface area contributed by atoms with Gasteiger partial charge in [0.25, 0.3) is 5.60 Å². The number of amides is 1. The van der Waals surface area contributed by atoms with Crippen LogP contribution >= 0.6 is 0 Å². The van der Waals surface area contributed by atoms with Gasteiger partial charge in [-0.3, -0.25) is 4.79 Å². The Morgan fingerprint density at radius 1 is 0.971 bits per heavy atom. The smallest absolute Gasteiger partial charge is 0.378 e. The predicted octanol–water partition coefficient (Wildman–Crippen LogP) is 3.70. The second-order valence-electron chi connectivity index (χ2n) is 7.74. The first-order chi connectivity index (χ1) is 15.6. The van der Waals surface area contributed by atoms with Crippen LogP contribution in [0.25, 0.3) is 0 Å². The summed E-state index contributed by atoms with van der Waals surface area (Å²) in [5.41, 5.74) is -7.46. The van der Waals surface area contributed by atoms with Gasteiger partial charge in [0.2, 0.25) is 5.91 Å². The van der Waals surface area contributed by atoms with Gasteiger partial charge in [0.1, 0.15) is 5.41 Å². The Morgan fingerprint density at radius 2 is 1.47 bits per heavy atom. The van der Waals surface area contributed by atoms with E-state index in [-0.39, 0.29) is 29.5 Å². The number of sulfone groups is 1. The quantitative estimate of drug-likeness (QED) is 0.578. The van der Waals surface area contributed by atoms with E-state index in [9.17, 15) is 44.7 Å². The minimum absolute atomic E-state index is 0.0620. The number of halogens is 6. The maximum Gasteiger partial charge on any atom is 0.430 e. The molecule has 0 atom stereocenters. The van der Waals surface area contributed by atoms with Crippen molar-refractivity contribution in [1.29, 1.82) is 0 Å². The molecule has 0 aliphatic carbocycles. The molecule has 1 aliphatic rings. The lowest BCUT2D eigenvalue weighted by molar-refractivity contribution is -0.376. The van der Waals surface area contributed by atoms with Crippen LogP contribution in [-0.4, -0.2) is 50.8 Å². The van der Waals surface area contributed by atoms with Crippen molar-refractivity contribution in [2.75, 3.05) is 24.3 Å². The predicted molar refractivity (Wildman–Crippen MR) is 108 cm³/mol. The first kappa shape index (κ1) is 26.0. The van der Waals surface area contributed by atoms with Crippen molar-refractivity contribution in [3.8, 4) is 0 Å². The molecule has 13 heteroatoms. The molecule has 0 bridgehead atoms. The number of aliphatic hydroxyl groups is 1. The van der Waals surface area contributed by atoms with E-state index < -0.39 is 44.7 Å². The third kappa shape index (κ3) is 4.27. The van der Waals surface area contributed by atoms with Crippen LogP contribution in [0.15, 0.2) is 53.4 Å². The van der Waals surface area contributed by atoms with Crippen LogP contribution in [-0.2, 0) is 30.4 Å². The molecule has 0 unspecified atom stereocenters. The van der Waals surface area contributed by atoms with Crippen molar-refractivity contribution in [3.63, 3.8) is 0 Å². The van der Waals surface area contributed by atoms with E-state index in [1.807, 2.05) is 0 Å². The molecule has 1 fully saturated rings. The molecule has 1 saturated heterocycles. The lowest BCUT2D eigenvalue weighted by Gasteiger charge is -2.40. The fourth-order valence-electron chi connectivity index (χ4n) is 3.42. The molecule has 0 spiro atoms. The van der Waals surface area contributed by atoms with Crippen molar-refractivity contribution in [2.24, 2.45) is 0 Å². The Balaban J connectivity index is 1.85. The number of carbonyl (C=O) groups is 1. The van der Waals surface area contributed by atoms with Gasteiger partial charge in [-0.1, -0.05) is 31.2 Å². The average molecular weight is 511 g/mol. The molecule has 2 aromatic rings. The van der Waals surface area contributed by atoms with Crippen molar-refractivity contribution in [3.05, 3.63) is 59.7 Å². The minimum Gasteiger partial charge on any atom is -0.378 e. The Morgan fingerprint density at radius 3 is 1.85 bits per heavy atom. The molecule has 1 heterocycles. The average Bonchev–Trinajstić information content (AvgIpc) is 2.71. The highest BCUT2D eigenvalue weighted by Crippen LogP contribution is 2.50. The van der Waals surface area contributed by atoms with Crippen molar-refractivity contribution >= 4 is 21.4 Å². The standard InChI is InChI=1S/C21H19F6NO5S/c1-2-34(31,32)16-9-5-13(6-10-16)18(11-33-12-18)17(29)28-15-7-3-14(4-8-15)19(30,20(22,23)24)21(25,26)27/h3-10,30H,2,11-12H2,1H3,(H,28,29). The molecule has 1 aliphatic heterocycles. The first-order valence-corrected chi connectivity index (χ1v) is 11.4. The Labute approximate surface area is 190 Å². The highest BCUT2D eigenvalue weighted by Gasteiger charge is 2.71. The molecule has 2 aromatic carbocycles. The van der Waals surface area contributed by atoms with Gasteiger partial charge in [0.05, 0.1) is 23.9 Å². The first-order valence-electron chi connectivity index (χ1n) is 9.77. The number of benzene rings is 2. The third-order valence-corrected chi connectivity index (χ3v) is 7.41. The van der Waals surface area contributed by atoms with Gasteiger partial charge >= 0.3 is 12.4 Å². The second kappa shape index (κ2) is 8.54. The monoisotopic (exact) mass is 511 g/mol. The zero-order valence-corrected chi connectivity index (χ0v) is 18.3. The van der Waals surface area contributed by atoms with Crippen LogP contribution in [0, 0.1) is 0 Å². The molecular formula is C21H19F6NO5S. The topological polar surface area (TPSA) is 92.7 Å². The lowest BCUT2D eigenvalue weighted by Crippen LogP contribution is -2.55. The number of nitrogens with one attached hydrogen (secondary N) is 1. The summed E-state index contributed by atoms with van der Waals surface area (Å²) in [5.74, 6) is -0.769. The zero-order chi connectivity index (χ0) is 25.6. The van der Waals surface area contributed by atoms with Gasteiger partial charge in [-0.15, -0.1) is 0 Å². The van der Waals surface area contributed by atoms with Gasteiger partial charge in [-0.2, -0.15) is 26.3 Å². The van der Waals surface area contributed by atoms with Crippen LogP contribution < -0.4 is 5.32 Å². The normalized spacial score (nSPS) is 16.6. The van der Waals surface area contributed by atoms with E-state index >= 15 is 0 Å². The van der Waals surface area contributed by atoms with Gasteiger partial charge in [0.15, 0.2) is 9.84 Å². The van der Waals surface area contributed by atoms with Gasteiger partial charge in [-0.05, 0) is 29.8 Å². The Kier molecular flexibility index (Phi) is 6.52. The number of anilines is 1. The number of alkyl halides is 6.